The summed E-state index contributed by atoms with van der Waals surface area (Å²) in [5.74, 6) is 0.0318. The Kier molecular flexibility index (Phi) is 7.48. The average molecular weight is 333 g/mol. The Balaban J connectivity index is 2.10. The van der Waals surface area contributed by atoms with E-state index in [4.69, 9.17) is 9.47 Å². The van der Waals surface area contributed by atoms with Gasteiger partial charge < -0.3 is 9.47 Å². The van der Waals surface area contributed by atoms with Crippen LogP contribution in [0.2, 0.25) is 0 Å². The van der Waals surface area contributed by atoms with Gasteiger partial charge >= 0.3 is 5.97 Å². The first kappa shape index (κ1) is 16.0. The molecule has 5 heteroatoms. The van der Waals surface area contributed by atoms with Gasteiger partial charge in [0.1, 0.15) is 11.6 Å². The molecular weight excluding hydrogens is 315 g/mol. The molecule has 0 saturated carbocycles. The lowest BCUT2D eigenvalue weighted by atomic mass is 10.2. The number of esters is 1. The van der Waals surface area contributed by atoms with Crippen LogP contribution >= 0.6 is 15.9 Å². The van der Waals surface area contributed by atoms with Gasteiger partial charge in [-0.25, -0.2) is 4.39 Å². The van der Waals surface area contributed by atoms with Gasteiger partial charge in [-0.15, -0.1) is 0 Å². The van der Waals surface area contributed by atoms with Crippen LogP contribution in [0.4, 0.5) is 4.39 Å². The lowest BCUT2D eigenvalue weighted by molar-refractivity contribution is -0.143. The molecule has 19 heavy (non-hydrogen) atoms. The zero-order chi connectivity index (χ0) is 14.1. The van der Waals surface area contributed by atoms with Crippen LogP contribution in [0.5, 0.6) is 5.75 Å². The second-order valence-corrected chi connectivity index (χ2v) is 4.89. The molecule has 0 heterocycles. The summed E-state index contributed by atoms with van der Waals surface area (Å²) in [4.78, 5) is 11.1. The highest BCUT2D eigenvalue weighted by Crippen LogP contribution is 2.21. The molecule has 1 aromatic rings. The van der Waals surface area contributed by atoms with E-state index in [1.807, 2.05) is 0 Å². The van der Waals surface area contributed by atoms with E-state index in [0.717, 1.165) is 19.3 Å². The number of halogens is 2. The second kappa shape index (κ2) is 8.91. The van der Waals surface area contributed by atoms with Crippen molar-refractivity contribution in [3.63, 3.8) is 0 Å². The highest BCUT2D eigenvalue weighted by molar-refractivity contribution is 9.10. The third-order valence-corrected chi connectivity index (χ3v) is 3.13. The summed E-state index contributed by atoms with van der Waals surface area (Å²) in [6.07, 6.45) is 2.95. The third kappa shape index (κ3) is 6.57. The van der Waals surface area contributed by atoms with Crippen LogP contribution in [-0.4, -0.2) is 19.2 Å². The van der Waals surface area contributed by atoms with E-state index in [9.17, 15) is 9.18 Å². The summed E-state index contributed by atoms with van der Waals surface area (Å²) in [5.41, 5.74) is 0. The van der Waals surface area contributed by atoms with Gasteiger partial charge in [-0.1, -0.05) is 0 Å². The first-order chi connectivity index (χ1) is 9.13. The van der Waals surface area contributed by atoms with Crippen molar-refractivity contribution in [2.45, 2.75) is 32.6 Å². The minimum atomic E-state index is -0.334. The van der Waals surface area contributed by atoms with Crippen molar-refractivity contribution in [1.29, 1.82) is 0 Å². The lowest BCUT2D eigenvalue weighted by Gasteiger charge is -2.06. The topological polar surface area (TPSA) is 35.5 Å². The van der Waals surface area contributed by atoms with Gasteiger partial charge in [0, 0.05) is 12.5 Å². The van der Waals surface area contributed by atoms with Crippen LogP contribution in [0.1, 0.15) is 32.6 Å². The quantitative estimate of drug-likeness (QED) is 0.531. The maximum atomic E-state index is 13.2. The maximum Gasteiger partial charge on any atom is 0.305 e. The van der Waals surface area contributed by atoms with E-state index in [1.165, 1.54) is 6.07 Å². The summed E-state index contributed by atoms with van der Waals surface area (Å²) >= 11 is 3.08. The van der Waals surface area contributed by atoms with Crippen molar-refractivity contribution in [2.75, 3.05) is 13.2 Å². The van der Waals surface area contributed by atoms with Crippen LogP contribution in [0.3, 0.4) is 0 Å². The minimum Gasteiger partial charge on any atom is -0.493 e. The SMILES string of the molecule is CCOC(=O)CCCCCOc1ccc(Br)c(F)c1. The molecule has 0 saturated heterocycles. The number of carbonyl (C=O) groups is 1. The van der Waals surface area contributed by atoms with Gasteiger partial charge in [-0.05, 0) is 54.2 Å². The molecule has 0 unspecified atom stereocenters. The number of benzene rings is 1. The van der Waals surface area contributed by atoms with Crippen LogP contribution in [0, 0.1) is 5.82 Å². The Morgan fingerprint density at radius 3 is 2.79 bits per heavy atom. The maximum absolute atomic E-state index is 13.2. The van der Waals surface area contributed by atoms with Crippen molar-refractivity contribution >= 4 is 21.9 Å². The Bertz CT molecular complexity index is 410. The summed E-state index contributed by atoms with van der Waals surface area (Å²) in [6, 6.07) is 4.68. The fourth-order valence-electron chi connectivity index (χ4n) is 1.54. The Morgan fingerprint density at radius 1 is 1.32 bits per heavy atom. The summed E-state index contributed by atoms with van der Waals surface area (Å²) < 4.78 is 23.9. The van der Waals surface area contributed by atoms with Crippen LogP contribution in [0.25, 0.3) is 0 Å². The van der Waals surface area contributed by atoms with Gasteiger partial charge in [0.2, 0.25) is 0 Å². The summed E-state index contributed by atoms with van der Waals surface area (Å²) in [5, 5.41) is 0. The number of hydrogen-bond donors (Lipinski definition) is 0. The molecule has 0 aliphatic rings. The molecule has 0 spiro atoms. The Hall–Kier alpha value is -1.10. The largest absolute Gasteiger partial charge is 0.493 e. The molecule has 0 aliphatic carbocycles. The van der Waals surface area contributed by atoms with Crippen LogP contribution < -0.4 is 4.74 Å². The van der Waals surface area contributed by atoms with Crippen LogP contribution in [-0.2, 0) is 9.53 Å². The fourth-order valence-corrected chi connectivity index (χ4v) is 1.78. The molecule has 0 fully saturated rings. The van der Waals surface area contributed by atoms with Gasteiger partial charge in [0.15, 0.2) is 0 Å². The van der Waals surface area contributed by atoms with Gasteiger partial charge in [-0.2, -0.15) is 0 Å². The molecule has 0 aliphatic heterocycles. The van der Waals surface area contributed by atoms with Crippen molar-refractivity contribution in [1.82, 2.24) is 0 Å². The summed E-state index contributed by atoms with van der Waals surface area (Å²) in [6.45, 7) is 2.74. The van der Waals surface area contributed by atoms with Crippen molar-refractivity contribution in [3.8, 4) is 5.75 Å². The average Bonchev–Trinajstić information content (AvgIpc) is 2.38. The van der Waals surface area contributed by atoms with E-state index in [2.05, 4.69) is 15.9 Å². The van der Waals surface area contributed by atoms with Gasteiger partial charge in [-0.3, -0.25) is 4.79 Å². The van der Waals surface area contributed by atoms with Crippen LogP contribution in [0.15, 0.2) is 22.7 Å². The molecule has 0 atom stereocenters. The number of carbonyl (C=O) groups excluding carboxylic acids is 1. The molecule has 0 bridgehead atoms. The number of ether oxygens (including phenoxy) is 2. The Morgan fingerprint density at radius 2 is 2.11 bits per heavy atom. The monoisotopic (exact) mass is 332 g/mol. The zero-order valence-electron chi connectivity index (χ0n) is 11.0. The molecule has 1 rings (SSSR count). The number of rotatable bonds is 8. The predicted molar refractivity (Wildman–Crippen MR) is 74.7 cm³/mol. The third-order valence-electron chi connectivity index (χ3n) is 2.49. The van der Waals surface area contributed by atoms with Crippen molar-refractivity contribution in [3.05, 3.63) is 28.5 Å². The Labute approximate surface area is 121 Å². The van der Waals surface area contributed by atoms with E-state index in [-0.39, 0.29) is 11.8 Å². The highest BCUT2D eigenvalue weighted by atomic mass is 79.9. The second-order valence-electron chi connectivity index (χ2n) is 4.04. The molecule has 3 nitrogen and oxygen atoms in total. The first-order valence-corrected chi connectivity index (χ1v) is 7.16. The predicted octanol–water partition coefficient (Wildman–Crippen LogP) is 4.09. The number of hydrogen-bond acceptors (Lipinski definition) is 3. The minimum absolute atomic E-state index is 0.154. The molecular formula is C14H18BrFO3. The molecule has 0 aromatic heterocycles. The smallest absolute Gasteiger partial charge is 0.305 e. The van der Waals surface area contributed by atoms with E-state index in [0.29, 0.717) is 29.9 Å². The molecule has 0 N–H and O–H groups in total. The molecule has 106 valence electrons. The molecule has 0 amide bonds. The van der Waals surface area contributed by atoms with Crippen molar-refractivity contribution < 1.29 is 18.7 Å². The first-order valence-electron chi connectivity index (χ1n) is 6.37. The molecule has 0 radical (unpaired) electrons. The highest BCUT2D eigenvalue weighted by Gasteiger charge is 2.02. The zero-order valence-corrected chi connectivity index (χ0v) is 12.5. The standard InChI is InChI=1S/C14H18BrFO3/c1-2-18-14(17)6-4-3-5-9-19-11-7-8-12(15)13(16)10-11/h7-8,10H,2-6,9H2,1H3. The lowest BCUT2D eigenvalue weighted by Crippen LogP contribution is -2.04. The van der Waals surface area contributed by atoms with Crippen molar-refractivity contribution in [2.24, 2.45) is 0 Å². The summed E-state index contributed by atoms with van der Waals surface area (Å²) in [7, 11) is 0. The van der Waals surface area contributed by atoms with E-state index < -0.39 is 0 Å². The van der Waals surface area contributed by atoms with Gasteiger partial charge in [0.25, 0.3) is 0 Å². The number of unbranched alkanes of at least 4 members (excludes halogenated alkanes) is 2. The van der Waals surface area contributed by atoms with E-state index >= 15 is 0 Å². The fraction of sp³-hybridized carbons (Fsp3) is 0.500. The van der Waals surface area contributed by atoms with E-state index in [1.54, 1.807) is 19.1 Å². The normalized spacial score (nSPS) is 10.3. The molecule has 1 aromatic carbocycles. The van der Waals surface area contributed by atoms with Gasteiger partial charge in [0.05, 0.1) is 17.7 Å².